The van der Waals surface area contributed by atoms with Crippen LogP contribution in [0.5, 0.6) is 0 Å². The maximum Gasteiger partial charge on any atom is 0.341 e. The number of thiophene rings is 1. The standard InChI is InChI=1S/C19H23NO3S/c1-5-13-6-8-14(9-7-13)15-11-24-18(17(15)19(22)23-4)20-16(21)10-12(2)3/h6-9,11-12H,5,10H2,1-4H3,(H,20,21). The van der Waals surface area contributed by atoms with E-state index in [-0.39, 0.29) is 11.8 Å². The lowest BCUT2D eigenvalue weighted by Gasteiger charge is -2.09. The van der Waals surface area contributed by atoms with E-state index in [1.165, 1.54) is 24.0 Å². The first-order valence-electron chi connectivity index (χ1n) is 8.05. The summed E-state index contributed by atoms with van der Waals surface area (Å²) in [6.45, 7) is 6.06. The van der Waals surface area contributed by atoms with Crippen molar-refractivity contribution in [2.45, 2.75) is 33.6 Å². The van der Waals surface area contributed by atoms with E-state index in [1.54, 1.807) is 0 Å². The molecule has 0 aliphatic rings. The smallest absolute Gasteiger partial charge is 0.341 e. The first-order valence-corrected chi connectivity index (χ1v) is 8.93. The van der Waals surface area contributed by atoms with Crippen molar-refractivity contribution < 1.29 is 14.3 Å². The molecule has 5 heteroatoms. The number of carbonyl (C=O) groups is 2. The average Bonchev–Trinajstić information content (AvgIpc) is 2.96. The summed E-state index contributed by atoms with van der Waals surface area (Å²) in [6, 6.07) is 8.08. The van der Waals surface area contributed by atoms with Crippen molar-refractivity contribution >= 4 is 28.2 Å². The molecule has 2 rings (SSSR count). The summed E-state index contributed by atoms with van der Waals surface area (Å²) >= 11 is 1.35. The van der Waals surface area contributed by atoms with E-state index in [0.717, 1.165) is 17.5 Å². The summed E-state index contributed by atoms with van der Waals surface area (Å²) in [5.41, 5.74) is 3.38. The van der Waals surface area contributed by atoms with Crippen LogP contribution in [0.2, 0.25) is 0 Å². The summed E-state index contributed by atoms with van der Waals surface area (Å²) in [7, 11) is 1.35. The molecule has 1 aromatic carbocycles. The Labute approximate surface area is 146 Å². The van der Waals surface area contributed by atoms with Gasteiger partial charge in [-0.25, -0.2) is 4.79 Å². The minimum atomic E-state index is -0.439. The van der Waals surface area contributed by atoms with E-state index in [9.17, 15) is 9.59 Å². The highest BCUT2D eigenvalue weighted by Crippen LogP contribution is 2.36. The third-order valence-corrected chi connectivity index (χ3v) is 4.60. The highest BCUT2D eigenvalue weighted by Gasteiger charge is 2.22. The van der Waals surface area contributed by atoms with E-state index in [0.29, 0.717) is 17.0 Å². The Morgan fingerprint density at radius 3 is 2.42 bits per heavy atom. The van der Waals surface area contributed by atoms with E-state index in [2.05, 4.69) is 12.2 Å². The summed E-state index contributed by atoms with van der Waals surface area (Å²) < 4.78 is 4.92. The predicted molar refractivity (Wildman–Crippen MR) is 98.6 cm³/mol. The Morgan fingerprint density at radius 1 is 1.21 bits per heavy atom. The quantitative estimate of drug-likeness (QED) is 0.769. The fourth-order valence-corrected chi connectivity index (χ4v) is 3.41. The monoisotopic (exact) mass is 345 g/mol. The molecule has 24 heavy (non-hydrogen) atoms. The molecule has 0 atom stereocenters. The molecule has 1 heterocycles. The summed E-state index contributed by atoms with van der Waals surface area (Å²) in [4.78, 5) is 24.3. The molecule has 0 fully saturated rings. The largest absolute Gasteiger partial charge is 0.465 e. The number of aryl methyl sites for hydroxylation is 1. The lowest BCUT2D eigenvalue weighted by atomic mass is 10.0. The molecule has 0 aliphatic carbocycles. The van der Waals surface area contributed by atoms with Gasteiger partial charge in [-0.3, -0.25) is 4.79 Å². The van der Waals surface area contributed by atoms with Gasteiger partial charge >= 0.3 is 5.97 Å². The van der Waals surface area contributed by atoms with Gasteiger partial charge < -0.3 is 10.1 Å². The van der Waals surface area contributed by atoms with Crippen molar-refractivity contribution in [2.75, 3.05) is 12.4 Å². The molecule has 0 saturated carbocycles. The van der Waals surface area contributed by atoms with Crippen molar-refractivity contribution in [1.29, 1.82) is 0 Å². The SMILES string of the molecule is CCc1ccc(-c2csc(NC(=O)CC(C)C)c2C(=O)OC)cc1. The van der Waals surface area contributed by atoms with Gasteiger partial charge in [-0.05, 0) is 23.5 Å². The lowest BCUT2D eigenvalue weighted by Crippen LogP contribution is -2.15. The Bertz CT molecular complexity index is 717. The van der Waals surface area contributed by atoms with Crippen LogP contribution in [-0.2, 0) is 16.0 Å². The number of esters is 1. The van der Waals surface area contributed by atoms with Crippen molar-refractivity contribution in [3.63, 3.8) is 0 Å². The van der Waals surface area contributed by atoms with Crippen molar-refractivity contribution in [3.8, 4) is 11.1 Å². The Kier molecular flexibility index (Phi) is 6.15. The van der Waals surface area contributed by atoms with Crippen molar-refractivity contribution in [1.82, 2.24) is 0 Å². The predicted octanol–water partition coefficient (Wildman–Crippen LogP) is 4.75. The van der Waals surface area contributed by atoms with E-state index >= 15 is 0 Å². The number of amides is 1. The van der Waals surface area contributed by atoms with Gasteiger partial charge in [-0.2, -0.15) is 0 Å². The number of hydrogen-bond donors (Lipinski definition) is 1. The van der Waals surface area contributed by atoms with Gasteiger partial charge in [0.05, 0.1) is 7.11 Å². The molecule has 0 aliphatic heterocycles. The first kappa shape index (κ1) is 18.2. The van der Waals surface area contributed by atoms with Gasteiger partial charge in [-0.1, -0.05) is 45.0 Å². The third kappa shape index (κ3) is 4.23. The molecule has 0 saturated heterocycles. The zero-order valence-electron chi connectivity index (χ0n) is 14.5. The molecule has 1 aromatic heterocycles. The second-order valence-corrected chi connectivity index (χ2v) is 6.92. The van der Waals surface area contributed by atoms with Gasteiger partial charge in [0.25, 0.3) is 0 Å². The Balaban J connectivity index is 2.38. The number of hydrogen-bond acceptors (Lipinski definition) is 4. The van der Waals surface area contributed by atoms with Crippen LogP contribution in [0.4, 0.5) is 5.00 Å². The molecule has 1 amide bonds. The Hall–Kier alpha value is -2.14. The molecule has 128 valence electrons. The Morgan fingerprint density at radius 2 is 1.88 bits per heavy atom. The number of carbonyl (C=O) groups excluding carboxylic acids is 2. The molecular formula is C19H23NO3S. The van der Waals surface area contributed by atoms with Crippen molar-refractivity contribution in [3.05, 3.63) is 40.8 Å². The molecular weight excluding hydrogens is 322 g/mol. The highest BCUT2D eigenvalue weighted by atomic mass is 32.1. The molecule has 0 spiro atoms. The second kappa shape index (κ2) is 8.11. The van der Waals surface area contributed by atoms with Crippen LogP contribution in [0, 0.1) is 5.92 Å². The molecule has 0 radical (unpaired) electrons. The van der Waals surface area contributed by atoms with Crippen LogP contribution in [-0.4, -0.2) is 19.0 Å². The van der Waals surface area contributed by atoms with E-state index < -0.39 is 5.97 Å². The van der Waals surface area contributed by atoms with Crippen LogP contribution >= 0.6 is 11.3 Å². The van der Waals surface area contributed by atoms with Gasteiger partial charge in [0, 0.05) is 17.4 Å². The molecule has 2 aromatic rings. The molecule has 0 unspecified atom stereocenters. The molecule has 1 N–H and O–H groups in total. The number of nitrogens with one attached hydrogen (secondary N) is 1. The fraction of sp³-hybridized carbons (Fsp3) is 0.368. The molecule has 4 nitrogen and oxygen atoms in total. The van der Waals surface area contributed by atoms with Crippen LogP contribution in [0.15, 0.2) is 29.6 Å². The molecule has 0 bridgehead atoms. The van der Waals surface area contributed by atoms with Crippen LogP contribution < -0.4 is 5.32 Å². The fourth-order valence-electron chi connectivity index (χ4n) is 2.44. The number of rotatable bonds is 6. The minimum absolute atomic E-state index is 0.0927. The summed E-state index contributed by atoms with van der Waals surface area (Å²) in [6.07, 6.45) is 1.38. The number of ether oxygens (including phenoxy) is 1. The summed E-state index contributed by atoms with van der Waals surface area (Å²) in [5.74, 6) is -0.275. The average molecular weight is 345 g/mol. The van der Waals surface area contributed by atoms with E-state index in [1.807, 2.05) is 43.5 Å². The number of benzene rings is 1. The maximum absolute atomic E-state index is 12.2. The van der Waals surface area contributed by atoms with Crippen LogP contribution in [0.3, 0.4) is 0 Å². The zero-order chi connectivity index (χ0) is 17.7. The number of methoxy groups -OCH3 is 1. The normalized spacial score (nSPS) is 10.7. The van der Waals surface area contributed by atoms with Gasteiger partial charge in [0.15, 0.2) is 0 Å². The minimum Gasteiger partial charge on any atom is -0.465 e. The van der Waals surface area contributed by atoms with E-state index in [4.69, 9.17) is 4.74 Å². The third-order valence-electron chi connectivity index (χ3n) is 3.70. The van der Waals surface area contributed by atoms with Gasteiger partial charge in [-0.15, -0.1) is 11.3 Å². The van der Waals surface area contributed by atoms with Crippen LogP contribution in [0.1, 0.15) is 43.1 Å². The van der Waals surface area contributed by atoms with Crippen LogP contribution in [0.25, 0.3) is 11.1 Å². The lowest BCUT2D eigenvalue weighted by molar-refractivity contribution is -0.116. The van der Waals surface area contributed by atoms with Gasteiger partial charge in [0.2, 0.25) is 5.91 Å². The number of anilines is 1. The highest BCUT2D eigenvalue weighted by molar-refractivity contribution is 7.15. The van der Waals surface area contributed by atoms with Crippen molar-refractivity contribution in [2.24, 2.45) is 5.92 Å². The maximum atomic E-state index is 12.2. The first-order chi connectivity index (χ1) is 11.5. The summed E-state index contributed by atoms with van der Waals surface area (Å²) in [5, 5.41) is 5.28. The zero-order valence-corrected chi connectivity index (χ0v) is 15.3. The van der Waals surface area contributed by atoms with Gasteiger partial charge in [0.1, 0.15) is 10.6 Å². The second-order valence-electron chi connectivity index (χ2n) is 6.04. The topological polar surface area (TPSA) is 55.4 Å².